The van der Waals surface area contributed by atoms with E-state index in [1.165, 1.54) is 19.3 Å². The summed E-state index contributed by atoms with van der Waals surface area (Å²) in [5.74, 6) is 0.554. The summed E-state index contributed by atoms with van der Waals surface area (Å²) in [5.41, 5.74) is 0.998. The molecule has 5 heteroatoms. The number of hydrogen-bond donors (Lipinski definition) is 1. The van der Waals surface area contributed by atoms with Gasteiger partial charge in [-0.25, -0.2) is 0 Å². The van der Waals surface area contributed by atoms with E-state index in [1.54, 1.807) is 18.5 Å². The highest BCUT2D eigenvalue weighted by atomic mass is 16.2. The standard InChI is InChI=1S/C19H27N3O2/c1-14-7-9-22(10-8-14)19(24)16-11-15(12-20-13-16)18(23)21-17-5-3-2-4-6-17/h11-14,17H,2-10H2,1H3,(H,21,23). The van der Waals surface area contributed by atoms with Gasteiger partial charge in [0, 0.05) is 31.5 Å². The number of nitrogens with zero attached hydrogens (tertiary/aromatic N) is 2. The molecule has 5 nitrogen and oxygen atoms in total. The molecule has 3 rings (SSSR count). The van der Waals surface area contributed by atoms with Gasteiger partial charge >= 0.3 is 0 Å². The van der Waals surface area contributed by atoms with Crippen molar-refractivity contribution < 1.29 is 9.59 Å². The van der Waals surface area contributed by atoms with Gasteiger partial charge in [0.25, 0.3) is 11.8 Å². The number of aromatic nitrogens is 1. The maximum absolute atomic E-state index is 12.6. The van der Waals surface area contributed by atoms with E-state index in [1.807, 2.05) is 4.90 Å². The van der Waals surface area contributed by atoms with E-state index >= 15 is 0 Å². The summed E-state index contributed by atoms with van der Waals surface area (Å²) in [5, 5.41) is 3.08. The Balaban J connectivity index is 1.64. The summed E-state index contributed by atoms with van der Waals surface area (Å²) in [4.78, 5) is 31.1. The van der Waals surface area contributed by atoms with Crippen molar-refractivity contribution in [3.05, 3.63) is 29.6 Å². The van der Waals surface area contributed by atoms with Crippen molar-refractivity contribution in [1.82, 2.24) is 15.2 Å². The zero-order chi connectivity index (χ0) is 16.9. The number of carbonyl (C=O) groups excluding carboxylic acids is 2. The third kappa shape index (κ3) is 4.13. The van der Waals surface area contributed by atoms with Gasteiger partial charge in [-0.3, -0.25) is 14.6 Å². The number of nitrogens with one attached hydrogen (secondary N) is 1. The Morgan fingerprint density at radius 2 is 1.71 bits per heavy atom. The molecule has 0 bridgehead atoms. The first-order chi connectivity index (χ1) is 11.6. The third-order valence-corrected chi connectivity index (χ3v) is 5.26. The van der Waals surface area contributed by atoms with Crippen LogP contribution in [-0.2, 0) is 0 Å². The lowest BCUT2D eigenvalue weighted by atomic mass is 9.95. The van der Waals surface area contributed by atoms with Gasteiger partial charge in [0.2, 0.25) is 0 Å². The fraction of sp³-hybridized carbons (Fsp3) is 0.632. The van der Waals surface area contributed by atoms with Gasteiger partial charge in [-0.15, -0.1) is 0 Å². The van der Waals surface area contributed by atoms with Crippen molar-refractivity contribution in [2.45, 2.75) is 57.9 Å². The van der Waals surface area contributed by atoms with Crippen molar-refractivity contribution in [1.29, 1.82) is 0 Å². The van der Waals surface area contributed by atoms with Crippen LogP contribution in [0.25, 0.3) is 0 Å². The maximum atomic E-state index is 12.6. The lowest BCUT2D eigenvalue weighted by molar-refractivity contribution is 0.0697. The number of amides is 2. The van der Waals surface area contributed by atoms with Crippen LogP contribution in [0.4, 0.5) is 0 Å². The minimum Gasteiger partial charge on any atom is -0.349 e. The van der Waals surface area contributed by atoms with Crippen LogP contribution in [0.1, 0.15) is 72.6 Å². The van der Waals surface area contributed by atoms with E-state index in [0.29, 0.717) is 17.0 Å². The largest absolute Gasteiger partial charge is 0.349 e. The number of carbonyl (C=O) groups is 2. The number of hydrogen-bond acceptors (Lipinski definition) is 3. The molecule has 130 valence electrons. The predicted molar refractivity (Wildman–Crippen MR) is 92.9 cm³/mol. The Kier molecular flexibility index (Phi) is 5.48. The fourth-order valence-corrected chi connectivity index (χ4v) is 3.59. The van der Waals surface area contributed by atoms with Crippen LogP contribution in [-0.4, -0.2) is 40.8 Å². The van der Waals surface area contributed by atoms with Crippen molar-refractivity contribution in [2.24, 2.45) is 5.92 Å². The highest BCUT2D eigenvalue weighted by Gasteiger charge is 2.23. The van der Waals surface area contributed by atoms with Gasteiger partial charge in [-0.2, -0.15) is 0 Å². The molecule has 1 saturated heterocycles. The molecule has 2 aliphatic rings. The minimum absolute atomic E-state index is 0.0123. The first-order valence-corrected chi connectivity index (χ1v) is 9.18. The molecular formula is C19H27N3O2. The van der Waals surface area contributed by atoms with Crippen molar-refractivity contribution in [3.8, 4) is 0 Å². The molecule has 1 N–H and O–H groups in total. The Bertz CT molecular complexity index is 588. The quantitative estimate of drug-likeness (QED) is 0.927. The average molecular weight is 329 g/mol. The van der Waals surface area contributed by atoms with E-state index < -0.39 is 0 Å². The minimum atomic E-state index is -0.115. The normalized spacial score (nSPS) is 20.0. The van der Waals surface area contributed by atoms with Crippen molar-refractivity contribution in [2.75, 3.05) is 13.1 Å². The average Bonchev–Trinajstić information content (AvgIpc) is 2.63. The first kappa shape index (κ1) is 16.9. The molecule has 0 aromatic carbocycles. The van der Waals surface area contributed by atoms with Crippen LogP contribution < -0.4 is 5.32 Å². The molecule has 1 aliphatic carbocycles. The van der Waals surface area contributed by atoms with Gasteiger partial charge < -0.3 is 10.2 Å². The lowest BCUT2D eigenvalue weighted by Gasteiger charge is -2.30. The molecular weight excluding hydrogens is 302 g/mol. The fourth-order valence-electron chi connectivity index (χ4n) is 3.59. The molecule has 1 saturated carbocycles. The topological polar surface area (TPSA) is 62.3 Å². The van der Waals surface area contributed by atoms with Crippen molar-refractivity contribution in [3.63, 3.8) is 0 Å². The summed E-state index contributed by atoms with van der Waals surface area (Å²) in [6, 6.07) is 1.94. The Morgan fingerprint density at radius 1 is 1.04 bits per heavy atom. The molecule has 24 heavy (non-hydrogen) atoms. The molecule has 0 radical (unpaired) electrons. The van der Waals surface area contributed by atoms with Gasteiger partial charge in [0.15, 0.2) is 0 Å². The highest BCUT2D eigenvalue weighted by molar-refractivity contribution is 5.99. The monoisotopic (exact) mass is 329 g/mol. The SMILES string of the molecule is CC1CCN(C(=O)c2cncc(C(=O)NC3CCCCC3)c2)CC1. The molecule has 0 spiro atoms. The molecule has 1 aromatic rings. The zero-order valence-corrected chi connectivity index (χ0v) is 14.5. The van der Waals surface area contributed by atoms with E-state index in [9.17, 15) is 9.59 Å². The van der Waals surface area contributed by atoms with Crippen LogP contribution in [0.5, 0.6) is 0 Å². The second-order valence-electron chi connectivity index (χ2n) is 7.25. The summed E-state index contributed by atoms with van der Waals surface area (Å²) < 4.78 is 0. The van der Waals surface area contributed by atoms with Crippen molar-refractivity contribution >= 4 is 11.8 Å². The van der Waals surface area contributed by atoms with E-state index in [4.69, 9.17) is 0 Å². The Labute approximate surface area is 143 Å². The second-order valence-corrected chi connectivity index (χ2v) is 7.25. The zero-order valence-electron chi connectivity index (χ0n) is 14.5. The molecule has 2 amide bonds. The molecule has 2 fully saturated rings. The van der Waals surface area contributed by atoms with Crippen LogP contribution in [0.2, 0.25) is 0 Å². The summed E-state index contributed by atoms with van der Waals surface area (Å²) in [6.07, 6.45) is 10.9. The van der Waals surface area contributed by atoms with Gasteiger partial charge in [-0.1, -0.05) is 26.2 Å². The molecule has 1 aromatic heterocycles. The van der Waals surface area contributed by atoms with Gasteiger partial charge in [0.1, 0.15) is 0 Å². The van der Waals surface area contributed by atoms with Crippen LogP contribution >= 0.6 is 0 Å². The Morgan fingerprint density at radius 3 is 2.42 bits per heavy atom. The van der Waals surface area contributed by atoms with Gasteiger partial charge in [0.05, 0.1) is 11.1 Å². The molecule has 2 heterocycles. The summed E-state index contributed by atoms with van der Waals surface area (Å²) in [6.45, 7) is 3.80. The van der Waals surface area contributed by atoms with Crippen LogP contribution in [0, 0.1) is 5.92 Å². The second kappa shape index (κ2) is 7.77. The summed E-state index contributed by atoms with van der Waals surface area (Å²) in [7, 11) is 0. The number of piperidine rings is 1. The highest BCUT2D eigenvalue weighted by Crippen LogP contribution is 2.19. The van der Waals surface area contributed by atoms with E-state index in [2.05, 4.69) is 17.2 Å². The number of rotatable bonds is 3. The van der Waals surface area contributed by atoms with E-state index in [0.717, 1.165) is 38.8 Å². The smallest absolute Gasteiger partial charge is 0.255 e. The molecule has 0 atom stereocenters. The lowest BCUT2D eigenvalue weighted by Crippen LogP contribution is -2.38. The first-order valence-electron chi connectivity index (χ1n) is 9.18. The number of likely N-dealkylation sites (tertiary alicyclic amines) is 1. The van der Waals surface area contributed by atoms with Gasteiger partial charge in [-0.05, 0) is 37.7 Å². The van der Waals surface area contributed by atoms with Crippen LogP contribution in [0.15, 0.2) is 18.5 Å². The van der Waals surface area contributed by atoms with Crippen LogP contribution in [0.3, 0.4) is 0 Å². The predicted octanol–water partition coefficient (Wildman–Crippen LogP) is 3.02. The summed E-state index contributed by atoms with van der Waals surface area (Å²) >= 11 is 0. The molecule has 1 aliphatic heterocycles. The van der Waals surface area contributed by atoms with E-state index in [-0.39, 0.29) is 17.9 Å². The Hall–Kier alpha value is -1.91. The molecule has 0 unspecified atom stereocenters. The maximum Gasteiger partial charge on any atom is 0.255 e. The third-order valence-electron chi connectivity index (χ3n) is 5.26. The number of pyridine rings is 1.